The number of ether oxygens (including phenoxy) is 1. The zero-order valence-electron chi connectivity index (χ0n) is 17.0. The summed E-state index contributed by atoms with van der Waals surface area (Å²) in [6, 6.07) is 2.34. The van der Waals surface area contributed by atoms with Crippen molar-refractivity contribution in [1.29, 1.82) is 0 Å². The quantitative estimate of drug-likeness (QED) is 0.764. The summed E-state index contributed by atoms with van der Waals surface area (Å²) < 4.78 is 42.9. The van der Waals surface area contributed by atoms with Crippen LogP contribution in [-0.2, 0) is 17.3 Å². The number of pyridine rings is 1. The number of carbonyl (C=O) groups excluding carboxylic acids is 2. The van der Waals surface area contributed by atoms with Gasteiger partial charge in [0, 0.05) is 38.1 Å². The molecule has 2 aromatic rings. The van der Waals surface area contributed by atoms with E-state index >= 15 is 0 Å². The van der Waals surface area contributed by atoms with Crippen molar-refractivity contribution in [3.8, 4) is 0 Å². The largest absolute Gasteiger partial charge is 0.465 e. The molecule has 1 N–H and O–H groups in total. The van der Waals surface area contributed by atoms with E-state index in [1.54, 1.807) is 11.8 Å². The molecular formula is C20H23F3N4O3. The second kappa shape index (κ2) is 8.37. The number of aryl methyl sites for hydroxylation is 1. The van der Waals surface area contributed by atoms with E-state index in [9.17, 15) is 22.8 Å². The van der Waals surface area contributed by atoms with Crippen molar-refractivity contribution < 1.29 is 27.5 Å². The minimum absolute atomic E-state index is 0.225. The highest BCUT2D eigenvalue weighted by Gasteiger charge is 2.32. The zero-order chi connectivity index (χ0) is 22.1. The minimum Gasteiger partial charge on any atom is -0.465 e. The van der Waals surface area contributed by atoms with Gasteiger partial charge in [-0.2, -0.15) is 13.2 Å². The molecular weight excluding hydrogens is 401 g/mol. The van der Waals surface area contributed by atoms with Crippen LogP contribution in [0.3, 0.4) is 0 Å². The summed E-state index contributed by atoms with van der Waals surface area (Å²) in [5.41, 5.74) is 1.14. The lowest BCUT2D eigenvalue weighted by molar-refractivity contribution is -0.137. The van der Waals surface area contributed by atoms with Crippen molar-refractivity contribution in [2.45, 2.75) is 26.4 Å². The van der Waals surface area contributed by atoms with E-state index in [0.717, 1.165) is 12.3 Å². The number of nitrogens with one attached hydrogen (secondary N) is 1. The van der Waals surface area contributed by atoms with Gasteiger partial charge in [-0.15, -0.1) is 0 Å². The van der Waals surface area contributed by atoms with Crippen LogP contribution in [0.4, 0.5) is 19.0 Å². The molecule has 2 aromatic heterocycles. The van der Waals surface area contributed by atoms with Crippen molar-refractivity contribution >= 4 is 17.7 Å². The van der Waals surface area contributed by atoms with Crippen LogP contribution in [-0.4, -0.2) is 60.0 Å². The van der Waals surface area contributed by atoms with Crippen molar-refractivity contribution in [2.24, 2.45) is 0 Å². The highest BCUT2D eigenvalue weighted by atomic mass is 19.4. The molecule has 0 radical (unpaired) electrons. The molecule has 162 valence electrons. The predicted molar refractivity (Wildman–Crippen MR) is 104 cm³/mol. The average molecular weight is 424 g/mol. The van der Waals surface area contributed by atoms with Crippen LogP contribution in [0.15, 0.2) is 18.3 Å². The molecule has 30 heavy (non-hydrogen) atoms. The van der Waals surface area contributed by atoms with Gasteiger partial charge in [0.2, 0.25) is 0 Å². The van der Waals surface area contributed by atoms with Crippen molar-refractivity contribution in [3.05, 3.63) is 46.4 Å². The van der Waals surface area contributed by atoms with E-state index < -0.39 is 17.7 Å². The van der Waals surface area contributed by atoms with Gasteiger partial charge in [0.1, 0.15) is 11.5 Å². The topological polar surface area (TPSA) is 78.5 Å². The number of esters is 1. The third kappa shape index (κ3) is 4.12. The SMILES string of the molecule is CCc1[nH]c(C(=O)N2CCN(c3ccc(C(F)(F)F)cn3)CC2)c(C)c1C(=O)OC. The third-order valence-electron chi connectivity index (χ3n) is 5.25. The zero-order valence-corrected chi connectivity index (χ0v) is 17.0. The number of rotatable bonds is 4. The average Bonchev–Trinajstić information content (AvgIpc) is 3.08. The van der Waals surface area contributed by atoms with Gasteiger partial charge in [0.15, 0.2) is 0 Å². The van der Waals surface area contributed by atoms with E-state index in [2.05, 4.69) is 9.97 Å². The highest BCUT2D eigenvalue weighted by molar-refractivity contribution is 6.00. The number of hydrogen-bond acceptors (Lipinski definition) is 5. The summed E-state index contributed by atoms with van der Waals surface area (Å²) >= 11 is 0. The fourth-order valence-electron chi connectivity index (χ4n) is 3.55. The Morgan fingerprint density at radius 2 is 1.87 bits per heavy atom. The number of H-pyrrole nitrogens is 1. The van der Waals surface area contributed by atoms with E-state index in [1.165, 1.54) is 13.2 Å². The first-order valence-corrected chi connectivity index (χ1v) is 9.54. The second-order valence-corrected chi connectivity index (χ2v) is 7.01. The molecule has 1 aliphatic heterocycles. The molecule has 3 heterocycles. The Labute approximate surface area is 171 Å². The summed E-state index contributed by atoms with van der Waals surface area (Å²) in [7, 11) is 1.30. The van der Waals surface area contributed by atoms with Crippen LogP contribution in [0.1, 0.15) is 44.6 Å². The van der Waals surface area contributed by atoms with Gasteiger partial charge in [-0.05, 0) is 31.0 Å². The number of aromatic amines is 1. The molecule has 1 amide bonds. The first-order chi connectivity index (χ1) is 14.2. The lowest BCUT2D eigenvalue weighted by atomic mass is 10.1. The number of anilines is 1. The molecule has 3 rings (SSSR count). The van der Waals surface area contributed by atoms with Gasteiger partial charge < -0.3 is 19.5 Å². The van der Waals surface area contributed by atoms with Crippen LogP contribution in [0.25, 0.3) is 0 Å². The van der Waals surface area contributed by atoms with E-state index in [4.69, 9.17) is 4.74 Å². The predicted octanol–water partition coefficient (Wildman–Crippen LogP) is 3.05. The highest BCUT2D eigenvalue weighted by Crippen LogP contribution is 2.29. The van der Waals surface area contributed by atoms with Crippen LogP contribution in [0, 0.1) is 6.92 Å². The molecule has 0 saturated carbocycles. The number of alkyl halides is 3. The van der Waals surface area contributed by atoms with E-state index in [-0.39, 0.29) is 5.91 Å². The van der Waals surface area contributed by atoms with Crippen LogP contribution in [0.5, 0.6) is 0 Å². The third-order valence-corrected chi connectivity index (χ3v) is 5.25. The van der Waals surface area contributed by atoms with Gasteiger partial charge in [0.05, 0.1) is 18.2 Å². The standard InChI is InChI=1S/C20H23F3N4O3/c1-4-14-16(19(29)30-3)12(2)17(25-14)18(28)27-9-7-26(8-10-27)15-6-5-13(11-24-15)20(21,22)23/h5-6,11,25H,4,7-10H2,1-3H3. The lowest BCUT2D eigenvalue weighted by Gasteiger charge is -2.35. The minimum atomic E-state index is -4.43. The summed E-state index contributed by atoms with van der Waals surface area (Å²) in [5, 5.41) is 0. The number of methoxy groups -OCH3 is 1. The Balaban J connectivity index is 1.70. The van der Waals surface area contributed by atoms with Crippen LogP contribution in [0.2, 0.25) is 0 Å². The lowest BCUT2D eigenvalue weighted by Crippen LogP contribution is -2.49. The number of carbonyl (C=O) groups is 2. The molecule has 7 nitrogen and oxygen atoms in total. The van der Waals surface area contributed by atoms with Gasteiger partial charge in [-0.1, -0.05) is 6.92 Å². The molecule has 10 heteroatoms. The fourth-order valence-corrected chi connectivity index (χ4v) is 3.55. The van der Waals surface area contributed by atoms with Crippen molar-refractivity contribution in [3.63, 3.8) is 0 Å². The maximum Gasteiger partial charge on any atom is 0.417 e. The Morgan fingerprint density at radius 1 is 1.20 bits per heavy atom. The fraction of sp³-hybridized carbons (Fsp3) is 0.450. The van der Waals surface area contributed by atoms with Gasteiger partial charge in [-0.3, -0.25) is 4.79 Å². The normalized spacial score (nSPS) is 14.7. The summed E-state index contributed by atoms with van der Waals surface area (Å²) in [5.74, 6) is -0.275. The Morgan fingerprint density at radius 3 is 2.37 bits per heavy atom. The van der Waals surface area contributed by atoms with Crippen molar-refractivity contribution in [2.75, 3.05) is 38.2 Å². The number of amides is 1. The molecule has 1 saturated heterocycles. The second-order valence-electron chi connectivity index (χ2n) is 7.01. The van der Waals surface area contributed by atoms with Gasteiger partial charge in [0.25, 0.3) is 5.91 Å². The number of piperazine rings is 1. The molecule has 0 unspecified atom stereocenters. The smallest absolute Gasteiger partial charge is 0.417 e. The first-order valence-electron chi connectivity index (χ1n) is 9.54. The molecule has 0 atom stereocenters. The number of aromatic nitrogens is 2. The van der Waals surface area contributed by atoms with Crippen LogP contribution >= 0.6 is 0 Å². The number of halogens is 3. The Hall–Kier alpha value is -3.04. The van der Waals surface area contributed by atoms with Gasteiger partial charge >= 0.3 is 12.1 Å². The van der Waals surface area contributed by atoms with Crippen LogP contribution < -0.4 is 4.90 Å². The maximum absolute atomic E-state index is 13.0. The Kier molecular flexibility index (Phi) is 6.04. The Bertz CT molecular complexity index is 930. The molecule has 0 aromatic carbocycles. The maximum atomic E-state index is 13.0. The molecule has 0 aliphatic carbocycles. The molecule has 0 spiro atoms. The number of nitrogens with zero attached hydrogens (tertiary/aromatic N) is 3. The summed E-state index contributed by atoms with van der Waals surface area (Å²) in [4.78, 5) is 35.5. The number of hydrogen-bond donors (Lipinski definition) is 1. The van der Waals surface area contributed by atoms with Crippen molar-refractivity contribution in [1.82, 2.24) is 14.9 Å². The molecule has 0 bridgehead atoms. The summed E-state index contributed by atoms with van der Waals surface area (Å²) in [6.45, 7) is 5.23. The monoisotopic (exact) mass is 424 g/mol. The van der Waals surface area contributed by atoms with E-state index in [0.29, 0.717) is 60.9 Å². The van der Waals surface area contributed by atoms with Gasteiger partial charge in [-0.25, -0.2) is 9.78 Å². The molecule has 1 aliphatic rings. The molecule has 1 fully saturated rings. The first kappa shape index (κ1) is 21.7. The summed E-state index contributed by atoms with van der Waals surface area (Å²) in [6.07, 6.45) is -3.06. The van der Waals surface area contributed by atoms with E-state index in [1.807, 2.05) is 11.8 Å².